The fourth-order valence-electron chi connectivity index (χ4n) is 3.77. The molecule has 4 rings (SSSR count). The minimum atomic E-state index is -2.02. The Morgan fingerprint density at radius 1 is 0.833 bits per heavy atom. The third-order valence-corrected chi connectivity index (χ3v) is 5.87. The maximum absolute atomic E-state index is 14.2. The van der Waals surface area contributed by atoms with Gasteiger partial charge < -0.3 is 5.11 Å². The fraction of sp³-hybridized carbons (Fsp3) is 0.103. The van der Waals surface area contributed by atoms with Gasteiger partial charge in [0.15, 0.2) is 5.60 Å². The molecule has 7 heteroatoms. The second kappa shape index (κ2) is 10.3. The first kappa shape index (κ1) is 24.5. The Balaban J connectivity index is 1.82. The molecule has 7 nitrogen and oxygen atoms in total. The van der Waals surface area contributed by atoms with E-state index in [4.69, 9.17) is 0 Å². The monoisotopic (exact) mass is 479 g/mol. The summed E-state index contributed by atoms with van der Waals surface area (Å²) < 4.78 is 0. The van der Waals surface area contributed by atoms with E-state index in [0.29, 0.717) is 22.4 Å². The van der Waals surface area contributed by atoms with Crippen molar-refractivity contribution in [2.75, 3.05) is 5.01 Å². The van der Waals surface area contributed by atoms with Crippen molar-refractivity contribution in [3.8, 4) is 0 Å². The van der Waals surface area contributed by atoms with E-state index in [1.54, 1.807) is 60.7 Å². The number of nitro benzene ring substituents is 1. The van der Waals surface area contributed by atoms with Gasteiger partial charge in [-0.05, 0) is 54.8 Å². The molecular weight excluding hydrogens is 454 g/mol. The van der Waals surface area contributed by atoms with E-state index >= 15 is 0 Å². The molecule has 0 unspecified atom stereocenters. The second-order valence-electron chi connectivity index (χ2n) is 8.49. The first-order valence-corrected chi connectivity index (χ1v) is 11.3. The summed E-state index contributed by atoms with van der Waals surface area (Å²) in [6, 6.07) is 28.9. The van der Waals surface area contributed by atoms with Crippen LogP contribution in [0.4, 0.5) is 11.4 Å². The Hall–Kier alpha value is -4.62. The maximum atomic E-state index is 14.2. The van der Waals surface area contributed by atoms with Crippen molar-refractivity contribution in [2.24, 2.45) is 5.10 Å². The normalized spacial score (nSPS) is 11.4. The molecule has 0 atom stereocenters. The van der Waals surface area contributed by atoms with Gasteiger partial charge in [0.05, 0.1) is 16.8 Å². The molecule has 0 aliphatic carbocycles. The highest BCUT2D eigenvalue weighted by molar-refractivity contribution is 6.03. The molecule has 4 aromatic rings. The number of carbonyl (C=O) groups excluding carboxylic acids is 1. The number of non-ortho nitro benzene ring substituents is 1. The Bertz CT molecular complexity index is 1340. The van der Waals surface area contributed by atoms with E-state index in [-0.39, 0.29) is 5.69 Å². The van der Waals surface area contributed by atoms with Crippen LogP contribution in [0.1, 0.15) is 27.8 Å². The maximum Gasteiger partial charge on any atom is 0.288 e. The highest BCUT2D eigenvalue weighted by Gasteiger charge is 2.43. The summed E-state index contributed by atoms with van der Waals surface area (Å²) >= 11 is 0. The molecule has 4 aromatic carbocycles. The quantitative estimate of drug-likeness (QED) is 0.215. The van der Waals surface area contributed by atoms with E-state index in [1.807, 2.05) is 44.2 Å². The van der Waals surface area contributed by atoms with Gasteiger partial charge in [0.25, 0.3) is 11.6 Å². The molecule has 36 heavy (non-hydrogen) atoms. The van der Waals surface area contributed by atoms with Gasteiger partial charge in [0.2, 0.25) is 0 Å². The molecule has 0 aromatic heterocycles. The van der Waals surface area contributed by atoms with Crippen LogP contribution in [0.3, 0.4) is 0 Å². The largest absolute Gasteiger partial charge is 0.372 e. The topological polar surface area (TPSA) is 96.0 Å². The summed E-state index contributed by atoms with van der Waals surface area (Å²) in [5, 5.41) is 28.6. The molecule has 1 N–H and O–H groups in total. The average Bonchev–Trinajstić information content (AvgIpc) is 2.90. The number of rotatable bonds is 7. The zero-order chi connectivity index (χ0) is 25.7. The lowest BCUT2D eigenvalue weighted by Crippen LogP contribution is -2.46. The van der Waals surface area contributed by atoms with E-state index in [1.165, 1.54) is 18.3 Å². The van der Waals surface area contributed by atoms with Gasteiger partial charge in [-0.3, -0.25) is 14.9 Å². The van der Waals surface area contributed by atoms with Crippen LogP contribution in [0.2, 0.25) is 0 Å². The standard InChI is InChI=1S/C29H25N3O4/c1-21-8-14-24(15-9-21)29(34,25-16-10-22(2)11-17-25)28(33)31(26-6-4-3-5-7-26)30-20-23-12-18-27(19-13-23)32(35)36/h3-20,34H,1-2H3/b30-20+. The van der Waals surface area contributed by atoms with Crippen LogP contribution in [-0.2, 0) is 10.4 Å². The number of aryl methyl sites for hydroxylation is 2. The second-order valence-corrected chi connectivity index (χ2v) is 8.49. The number of anilines is 1. The Labute approximate surface area is 209 Å². The smallest absolute Gasteiger partial charge is 0.288 e. The molecule has 0 radical (unpaired) electrons. The molecule has 0 spiro atoms. The van der Waals surface area contributed by atoms with Crippen LogP contribution >= 0.6 is 0 Å². The van der Waals surface area contributed by atoms with Crippen molar-refractivity contribution in [2.45, 2.75) is 19.4 Å². The van der Waals surface area contributed by atoms with Crippen molar-refractivity contribution >= 4 is 23.5 Å². The number of hydrazone groups is 1. The minimum absolute atomic E-state index is 0.0451. The third-order valence-electron chi connectivity index (χ3n) is 5.87. The lowest BCUT2D eigenvalue weighted by molar-refractivity contribution is -0.384. The number of para-hydroxylation sites is 1. The van der Waals surface area contributed by atoms with Gasteiger partial charge in [-0.25, -0.2) is 0 Å². The lowest BCUT2D eigenvalue weighted by Gasteiger charge is -2.32. The number of nitrogens with zero attached hydrogens (tertiary/aromatic N) is 3. The predicted molar refractivity (Wildman–Crippen MR) is 140 cm³/mol. The van der Waals surface area contributed by atoms with Crippen LogP contribution in [0.15, 0.2) is 108 Å². The Morgan fingerprint density at radius 2 is 1.33 bits per heavy atom. The Kier molecular flexibility index (Phi) is 7.03. The third kappa shape index (κ3) is 5.06. The van der Waals surface area contributed by atoms with E-state index < -0.39 is 16.4 Å². The van der Waals surface area contributed by atoms with Crippen LogP contribution < -0.4 is 5.01 Å². The van der Waals surface area contributed by atoms with Gasteiger partial charge in [-0.2, -0.15) is 10.1 Å². The fourth-order valence-corrected chi connectivity index (χ4v) is 3.77. The highest BCUT2D eigenvalue weighted by atomic mass is 16.6. The summed E-state index contributed by atoms with van der Waals surface area (Å²) in [6.45, 7) is 3.86. The van der Waals surface area contributed by atoms with Crippen molar-refractivity contribution in [1.29, 1.82) is 0 Å². The van der Waals surface area contributed by atoms with Crippen molar-refractivity contribution < 1.29 is 14.8 Å². The molecule has 0 aliphatic heterocycles. The number of hydrogen-bond donors (Lipinski definition) is 1. The number of amides is 1. The van der Waals surface area contributed by atoms with Crippen LogP contribution in [-0.4, -0.2) is 22.2 Å². The average molecular weight is 480 g/mol. The van der Waals surface area contributed by atoms with Crippen LogP contribution in [0.5, 0.6) is 0 Å². The first-order valence-electron chi connectivity index (χ1n) is 11.3. The van der Waals surface area contributed by atoms with Gasteiger partial charge in [-0.15, -0.1) is 0 Å². The SMILES string of the molecule is Cc1ccc(C(O)(C(=O)N(/N=C/c2ccc([N+](=O)[O-])cc2)c2ccccc2)c2ccc(C)cc2)cc1. The van der Waals surface area contributed by atoms with Crippen LogP contribution in [0, 0.1) is 24.0 Å². The van der Waals surface area contributed by atoms with Crippen LogP contribution in [0.25, 0.3) is 0 Å². The zero-order valence-corrected chi connectivity index (χ0v) is 19.9. The Morgan fingerprint density at radius 3 is 1.81 bits per heavy atom. The van der Waals surface area contributed by atoms with Gasteiger partial charge in [0.1, 0.15) is 0 Å². The summed E-state index contributed by atoms with van der Waals surface area (Å²) in [5.41, 5.74) is 1.76. The molecule has 1 amide bonds. The number of hydrogen-bond acceptors (Lipinski definition) is 5. The number of nitro groups is 1. The minimum Gasteiger partial charge on any atom is -0.372 e. The lowest BCUT2D eigenvalue weighted by atomic mass is 9.84. The molecule has 0 heterocycles. The predicted octanol–water partition coefficient (Wildman–Crippen LogP) is 5.51. The van der Waals surface area contributed by atoms with E-state index in [9.17, 15) is 20.0 Å². The summed E-state index contributed by atoms with van der Waals surface area (Å²) in [5.74, 6) is -0.667. The van der Waals surface area contributed by atoms with Crippen molar-refractivity contribution in [1.82, 2.24) is 0 Å². The van der Waals surface area contributed by atoms with E-state index in [0.717, 1.165) is 16.1 Å². The number of benzene rings is 4. The molecule has 0 saturated heterocycles. The van der Waals surface area contributed by atoms with Crippen molar-refractivity contribution in [3.05, 3.63) is 141 Å². The zero-order valence-electron chi connectivity index (χ0n) is 19.9. The molecule has 180 valence electrons. The van der Waals surface area contributed by atoms with Crippen molar-refractivity contribution in [3.63, 3.8) is 0 Å². The van der Waals surface area contributed by atoms with Gasteiger partial charge in [0, 0.05) is 12.1 Å². The first-order chi connectivity index (χ1) is 17.3. The number of carbonyl (C=O) groups is 1. The molecule has 0 bridgehead atoms. The molecular formula is C29H25N3O4. The molecule has 0 fully saturated rings. The molecule has 0 aliphatic rings. The molecule has 0 saturated carbocycles. The van der Waals surface area contributed by atoms with E-state index in [2.05, 4.69) is 5.10 Å². The summed E-state index contributed by atoms with van der Waals surface area (Å²) in [6.07, 6.45) is 1.43. The number of aliphatic hydroxyl groups is 1. The summed E-state index contributed by atoms with van der Waals surface area (Å²) in [7, 11) is 0. The van der Waals surface area contributed by atoms with Gasteiger partial charge >= 0.3 is 0 Å². The van der Waals surface area contributed by atoms with Gasteiger partial charge in [-0.1, -0.05) is 77.9 Å². The summed E-state index contributed by atoms with van der Waals surface area (Å²) in [4.78, 5) is 24.7. The highest BCUT2D eigenvalue weighted by Crippen LogP contribution is 2.34.